The van der Waals surface area contributed by atoms with Gasteiger partial charge in [0.25, 0.3) is 10.0 Å². The molecule has 0 radical (unpaired) electrons. The van der Waals surface area contributed by atoms with Crippen molar-refractivity contribution in [2.45, 2.75) is 70.5 Å². The van der Waals surface area contributed by atoms with E-state index < -0.39 is 28.5 Å². The molecule has 7 nitrogen and oxygen atoms in total. The molecule has 39 heavy (non-hydrogen) atoms. The van der Waals surface area contributed by atoms with Gasteiger partial charge < -0.3 is 10.2 Å². The summed E-state index contributed by atoms with van der Waals surface area (Å²) in [6.07, 6.45) is 0.381. The Balaban J connectivity index is 2.05. The first-order valence-electron chi connectivity index (χ1n) is 13.4. The van der Waals surface area contributed by atoms with E-state index in [1.165, 1.54) is 17.0 Å². The maximum atomic E-state index is 14.0. The number of hydrogen-bond donors (Lipinski definition) is 1. The highest BCUT2D eigenvalue weighted by molar-refractivity contribution is 7.92. The third kappa shape index (κ3) is 7.69. The number of amides is 2. The first kappa shape index (κ1) is 29.9. The summed E-state index contributed by atoms with van der Waals surface area (Å²) in [4.78, 5) is 28.8. The Morgan fingerprint density at radius 2 is 1.38 bits per heavy atom. The molecular formula is C31H39N3O4S. The SMILES string of the molecule is CC[C@H](C(=O)NC(C)C)N(Cc1ccccc1)C(=O)CN(c1ccc(C(C)C)cc1)S(=O)(=O)c1ccccc1. The van der Waals surface area contributed by atoms with Crippen LogP contribution in [0.3, 0.4) is 0 Å². The molecule has 0 unspecified atom stereocenters. The minimum Gasteiger partial charge on any atom is -0.352 e. The molecule has 1 N–H and O–H groups in total. The Morgan fingerprint density at radius 1 is 0.821 bits per heavy atom. The lowest BCUT2D eigenvalue weighted by atomic mass is 10.0. The maximum Gasteiger partial charge on any atom is 0.264 e. The number of nitrogens with zero attached hydrogens (tertiary/aromatic N) is 2. The van der Waals surface area contributed by atoms with Crippen LogP contribution in [0.25, 0.3) is 0 Å². The van der Waals surface area contributed by atoms with E-state index in [-0.39, 0.29) is 29.3 Å². The van der Waals surface area contributed by atoms with Gasteiger partial charge in [0.2, 0.25) is 11.8 Å². The summed E-state index contributed by atoms with van der Waals surface area (Å²) in [5.41, 5.74) is 2.29. The van der Waals surface area contributed by atoms with Gasteiger partial charge in [-0.05, 0) is 61.6 Å². The number of nitrogens with one attached hydrogen (secondary N) is 1. The highest BCUT2D eigenvalue weighted by atomic mass is 32.2. The third-order valence-electron chi connectivity index (χ3n) is 6.47. The molecule has 208 valence electrons. The molecule has 0 spiro atoms. The highest BCUT2D eigenvalue weighted by Gasteiger charge is 2.33. The molecule has 0 aliphatic rings. The zero-order valence-corrected chi connectivity index (χ0v) is 24.2. The third-order valence-corrected chi connectivity index (χ3v) is 8.26. The van der Waals surface area contributed by atoms with E-state index in [2.05, 4.69) is 19.2 Å². The average molecular weight is 550 g/mol. The molecule has 0 bridgehead atoms. The van der Waals surface area contributed by atoms with Crippen LogP contribution >= 0.6 is 0 Å². The highest BCUT2D eigenvalue weighted by Crippen LogP contribution is 2.26. The molecule has 0 fully saturated rings. The second-order valence-electron chi connectivity index (χ2n) is 10.2. The molecule has 8 heteroatoms. The van der Waals surface area contributed by atoms with Crippen LogP contribution in [0.2, 0.25) is 0 Å². The van der Waals surface area contributed by atoms with Crippen molar-refractivity contribution in [2.75, 3.05) is 10.8 Å². The van der Waals surface area contributed by atoms with E-state index in [9.17, 15) is 18.0 Å². The van der Waals surface area contributed by atoms with Crippen LogP contribution < -0.4 is 9.62 Å². The van der Waals surface area contributed by atoms with Gasteiger partial charge in [0.15, 0.2) is 0 Å². The molecule has 0 saturated carbocycles. The predicted molar refractivity (Wildman–Crippen MR) is 156 cm³/mol. The van der Waals surface area contributed by atoms with Crippen LogP contribution in [0.4, 0.5) is 5.69 Å². The normalized spacial score (nSPS) is 12.3. The smallest absolute Gasteiger partial charge is 0.264 e. The Morgan fingerprint density at radius 3 is 1.90 bits per heavy atom. The van der Waals surface area contributed by atoms with E-state index in [1.807, 2.05) is 63.2 Å². The lowest BCUT2D eigenvalue weighted by Gasteiger charge is -2.33. The van der Waals surface area contributed by atoms with Gasteiger partial charge in [-0.2, -0.15) is 0 Å². The molecule has 0 aliphatic carbocycles. The molecule has 1 atom stereocenters. The van der Waals surface area contributed by atoms with Gasteiger partial charge in [0.1, 0.15) is 12.6 Å². The van der Waals surface area contributed by atoms with Crippen LogP contribution in [0.1, 0.15) is 58.1 Å². The summed E-state index contributed by atoms with van der Waals surface area (Å²) in [6.45, 7) is 9.42. The van der Waals surface area contributed by atoms with Crippen molar-refractivity contribution in [3.8, 4) is 0 Å². The van der Waals surface area contributed by atoms with Crippen molar-refractivity contribution in [1.82, 2.24) is 10.2 Å². The van der Waals surface area contributed by atoms with Gasteiger partial charge in [-0.25, -0.2) is 8.42 Å². The van der Waals surface area contributed by atoms with Crippen LogP contribution in [-0.4, -0.2) is 43.8 Å². The molecule has 0 heterocycles. The van der Waals surface area contributed by atoms with Crippen LogP contribution in [0, 0.1) is 0 Å². The van der Waals surface area contributed by atoms with Crippen molar-refractivity contribution in [2.24, 2.45) is 0 Å². The van der Waals surface area contributed by atoms with E-state index in [4.69, 9.17) is 0 Å². The molecule has 3 rings (SSSR count). The first-order chi connectivity index (χ1) is 18.5. The van der Waals surface area contributed by atoms with E-state index >= 15 is 0 Å². The fourth-order valence-electron chi connectivity index (χ4n) is 4.35. The van der Waals surface area contributed by atoms with Crippen molar-refractivity contribution in [1.29, 1.82) is 0 Å². The largest absolute Gasteiger partial charge is 0.352 e. The maximum absolute atomic E-state index is 14.0. The van der Waals surface area contributed by atoms with Gasteiger partial charge in [-0.15, -0.1) is 0 Å². The van der Waals surface area contributed by atoms with Crippen molar-refractivity contribution in [3.05, 3.63) is 96.1 Å². The zero-order valence-electron chi connectivity index (χ0n) is 23.4. The predicted octanol–water partition coefficient (Wildman–Crippen LogP) is 5.34. The number of carbonyl (C=O) groups excluding carboxylic acids is 2. The molecular weight excluding hydrogens is 510 g/mol. The minimum absolute atomic E-state index is 0.0879. The molecule has 3 aromatic carbocycles. The molecule has 3 aromatic rings. The van der Waals surface area contributed by atoms with Gasteiger partial charge in [0, 0.05) is 12.6 Å². The van der Waals surface area contributed by atoms with E-state index in [1.54, 1.807) is 30.3 Å². The minimum atomic E-state index is -4.08. The summed E-state index contributed by atoms with van der Waals surface area (Å²) in [6, 6.07) is 23.8. The van der Waals surface area contributed by atoms with Crippen molar-refractivity contribution >= 4 is 27.5 Å². The number of benzene rings is 3. The number of rotatable bonds is 12. The topological polar surface area (TPSA) is 86.8 Å². The van der Waals surface area contributed by atoms with Gasteiger partial charge in [-0.3, -0.25) is 13.9 Å². The van der Waals surface area contributed by atoms with Gasteiger partial charge >= 0.3 is 0 Å². The Hall–Kier alpha value is -3.65. The summed E-state index contributed by atoms with van der Waals surface area (Å²) >= 11 is 0. The summed E-state index contributed by atoms with van der Waals surface area (Å²) < 4.78 is 28.9. The number of anilines is 1. The molecule has 2 amide bonds. The molecule has 0 saturated heterocycles. The van der Waals surface area contributed by atoms with E-state index in [0.29, 0.717) is 12.1 Å². The lowest BCUT2D eigenvalue weighted by Crippen LogP contribution is -2.53. The van der Waals surface area contributed by atoms with Gasteiger partial charge in [-0.1, -0.05) is 81.4 Å². The summed E-state index contributed by atoms with van der Waals surface area (Å²) in [5, 5.41) is 2.91. The number of sulfonamides is 1. The lowest BCUT2D eigenvalue weighted by molar-refractivity contribution is -0.140. The summed E-state index contributed by atoms with van der Waals surface area (Å²) in [7, 11) is -4.08. The Bertz CT molecular complexity index is 1330. The summed E-state index contributed by atoms with van der Waals surface area (Å²) in [5.74, 6) is -0.460. The Kier molecular flexibility index (Phi) is 10.3. The van der Waals surface area contributed by atoms with Crippen molar-refractivity contribution in [3.63, 3.8) is 0 Å². The van der Waals surface area contributed by atoms with Crippen LogP contribution in [0.5, 0.6) is 0 Å². The van der Waals surface area contributed by atoms with Gasteiger partial charge in [0.05, 0.1) is 10.6 Å². The second kappa shape index (κ2) is 13.4. The first-order valence-corrected chi connectivity index (χ1v) is 14.8. The standard InChI is InChI=1S/C31H39N3O4S/c1-6-29(31(36)32-24(4)5)33(21-25-13-9-7-10-14-25)30(35)22-34(27-19-17-26(18-20-27)23(2)3)39(37,38)28-15-11-8-12-16-28/h7-20,23-24,29H,6,21-22H2,1-5H3,(H,32,36)/t29-/m1/s1. The molecule has 0 aromatic heterocycles. The molecule has 0 aliphatic heterocycles. The zero-order chi connectivity index (χ0) is 28.6. The van der Waals surface area contributed by atoms with Crippen LogP contribution in [-0.2, 0) is 26.2 Å². The second-order valence-corrected chi connectivity index (χ2v) is 12.0. The quantitative estimate of drug-likeness (QED) is 0.331. The Labute approximate surface area is 232 Å². The fourth-order valence-corrected chi connectivity index (χ4v) is 5.79. The monoisotopic (exact) mass is 549 g/mol. The fraction of sp³-hybridized carbons (Fsp3) is 0.355. The van der Waals surface area contributed by atoms with E-state index in [0.717, 1.165) is 15.4 Å². The van der Waals surface area contributed by atoms with Crippen molar-refractivity contribution < 1.29 is 18.0 Å². The number of carbonyl (C=O) groups is 2. The number of hydrogen-bond acceptors (Lipinski definition) is 4. The average Bonchev–Trinajstić information content (AvgIpc) is 2.92. The van der Waals surface area contributed by atoms with Crippen LogP contribution in [0.15, 0.2) is 89.8 Å².